The Morgan fingerprint density at radius 3 is 2.55 bits per heavy atom. The second-order valence-electron chi connectivity index (χ2n) is 4.77. The fourth-order valence-corrected chi connectivity index (χ4v) is 2.20. The van der Waals surface area contributed by atoms with Crippen LogP contribution in [0.5, 0.6) is 0 Å². The van der Waals surface area contributed by atoms with E-state index < -0.39 is 5.97 Å². The average Bonchev–Trinajstić information content (AvgIpc) is 2.49. The lowest BCUT2D eigenvalue weighted by Gasteiger charge is -2.13. The largest absolute Gasteiger partial charge is 0.478 e. The van der Waals surface area contributed by atoms with E-state index in [0.717, 1.165) is 16.8 Å². The first-order valence-electron chi connectivity index (χ1n) is 6.59. The molecule has 0 unspecified atom stereocenters. The SMILES string of the molecule is Cc1ccc(Cl)cc1NC(=S)NCc1ccc(C(=O)O)cc1. The molecule has 0 fully saturated rings. The lowest BCUT2D eigenvalue weighted by molar-refractivity contribution is 0.0697. The molecule has 0 aliphatic rings. The van der Waals surface area contributed by atoms with Crippen LogP contribution in [-0.4, -0.2) is 16.2 Å². The number of hydrogen-bond acceptors (Lipinski definition) is 2. The van der Waals surface area contributed by atoms with Crippen molar-refractivity contribution < 1.29 is 9.90 Å². The van der Waals surface area contributed by atoms with Crippen LogP contribution in [0.15, 0.2) is 42.5 Å². The third-order valence-corrected chi connectivity index (χ3v) is 3.58. The molecular formula is C16H15ClN2O2S. The molecule has 2 rings (SSSR count). The molecule has 0 atom stereocenters. The Balaban J connectivity index is 1.92. The highest BCUT2D eigenvalue weighted by molar-refractivity contribution is 7.80. The van der Waals surface area contributed by atoms with Gasteiger partial charge in [-0.3, -0.25) is 0 Å². The lowest BCUT2D eigenvalue weighted by atomic mass is 10.1. The summed E-state index contributed by atoms with van der Waals surface area (Å²) in [5.41, 5.74) is 3.10. The van der Waals surface area contributed by atoms with Crippen molar-refractivity contribution in [2.75, 3.05) is 5.32 Å². The Bertz CT molecular complexity index is 702. The number of carbonyl (C=O) groups is 1. The van der Waals surface area contributed by atoms with Crippen molar-refractivity contribution in [2.45, 2.75) is 13.5 Å². The number of anilines is 1. The van der Waals surface area contributed by atoms with Crippen LogP contribution in [0, 0.1) is 6.92 Å². The molecule has 3 N–H and O–H groups in total. The Hall–Kier alpha value is -2.11. The highest BCUT2D eigenvalue weighted by Gasteiger charge is 2.04. The lowest BCUT2D eigenvalue weighted by Crippen LogP contribution is -2.28. The summed E-state index contributed by atoms with van der Waals surface area (Å²) in [6, 6.07) is 12.2. The monoisotopic (exact) mass is 334 g/mol. The van der Waals surface area contributed by atoms with E-state index >= 15 is 0 Å². The van der Waals surface area contributed by atoms with Crippen LogP contribution in [0.25, 0.3) is 0 Å². The first-order valence-corrected chi connectivity index (χ1v) is 7.37. The molecule has 0 bridgehead atoms. The summed E-state index contributed by atoms with van der Waals surface area (Å²) in [7, 11) is 0. The van der Waals surface area contributed by atoms with Crippen LogP contribution >= 0.6 is 23.8 Å². The average molecular weight is 335 g/mol. The van der Waals surface area contributed by atoms with Gasteiger partial charge in [0.2, 0.25) is 0 Å². The van der Waals surface area contributed by atoms with E-state index in [9.17, 15) is 4.79 Å². The Morgan fingerprint density at radius 1 is 1.23 bits per heavy atom. The fraction of sp³-hybridized carbons (Fsp3) is 0.125. The van der Waals surface area contributed by atoms with E-state index in [1.54, 1.807) is 24.3 Å². The molecule has 0 aromatic heterocycles. The smallest absolute Gasteiger partial charge is 0.335 e. The van der Waals surface area contributed by atoms with Crippen molar-refractivity contribution >= 4 is 40.6 Å². The topological polar surface area (TPSA) is 61.4 Å². The molecule has 0 aliphatic heterocycles. The number of carboxylic acids is 1. The highest BCUT2D eigenvalue weighted by atomic mass is 35.5. The minimum absolute atomic E-state index is 0.263. The summed E-state index contributed by atoms with van der Waals surface area (Å²) in [4.78, 5) is 10.8. The zero-order chi connectivity index (χ0) is 16.1. The summed E-state index contributed by atoms with van der Waals surface area (Å²) >= 11 is 11.2. The van der Waals surface area contributed by atoms with Crippen LogP contribution in [0.4, 0.5) is 5.69 Å². The zero-order valence-corrected chi connectivity index (χ0v) is 13.5. The van der Waals surface area contributed by atoms with E-state index in [0.29, 0.717) is 16.7 Å². The van der Waals surface area contributed by atoms with Gasteiger partial charge in [0, 0.05) is 17.3 Å². The van der Waals surface area contributed by atoms with E-state index in [4.69, 9.17) is 28.9 Å². The summed E-state index contributed by atoms with van der Waals surface area (Å²) in [5.74, 6) is -0.937. The molecule has 0 saturated carbocycles. The molecular weight excluding hydrogens is 320 g/mol. The normalized spacial score (nSPS) is 10.1. The van der Waals surface area contributed by atoms with Crippen LogP contribution in [0.1, 0.15) is 21.5 Å². The molecule has 2 aromatic carbocycles. The van der Waals surface area contributed by atoms with Gasteiger partial charge in [-0.05, 0) is 54.5 Å². The van der Waals surface area contributed by atoms with Crippen molar-refractivity contribution in [3.63, 3.8) is 0 Å². The number of aryl methyl sites for hydroxylation is 1. The number of carboxylic acid groups (broad SMARTS) is 1. The Kier molecular flexibility index (Phi) is 5.35. The molecule has 0 aliphatic carbocycles. The predicted octanol–water partition coefficient (Wildman–Crippen LogP) is 3.83. The van der Waals surface area contributed by atoms with Crippen molar-refractivity contribution in [1.82, 2.24) is 5.32 Å². The highest BCUT2D eigenvalue weighted by Crippen LogP contribution is 2.20. The van der Waals surface area contributed by atoms with Gasteiger partial charge in [0.15, 0.2) is 5.11 Å². The summed E-state index contributed by atoms with van der Waals surface area (Å²) in [5, 5.41) is 16.1. The van der Waals surface area contributed by atoms with Gasteiger partial charge in [0.05, 0.1) is 5.56 Å². The predicted molar refractivity (Wildman–Crippen MR) is 92.7 cm³/mol. The second kappa shape index (κ2) is 7.24. The molecule has 114 valence electrons. The number of aromatic carboxylic acids is 1. The van der Waals surface area contributed by atoms with E-state index in [1.165, 1.54) is 0 Å². The standard InChI is InChI=1S/C16H15ClN2O2S/c1-10-2-7-13(17)8-14(10)19-16(22)18-9-11-3-5-12(6-4-11)15(20)21/h2-8H,9H2,1H3,(H,20,21)(H2,18,19,22). The summed E-state index contributed by atoms with van der Waals surface area (Å²) in [6.45, 7) is 2.47. The van der Waals surface area contributed by atoms with Gasteiger partial charge in [-0.2, -0.15) is 0 Å². The number of thiocarbonyl (C=S) groups is 1. The third kappa shape index (κ3) is 4.44. The minimum Gasteiger partial charge on any atom is -0.478 e. The van der Waals surface area contributed by atoms with Gasteiger partial charge in [0.25, 0.3) is 0 Å². The molecule has 4 nitrogen and oxygen atoms in total. The molecule has 0 radical (unpaired) electrons. The van der Waals surface area contributed by atoms with Crippen molar-refractivity contribution in [2.24, 2.45) is 0 Å². The molecule has 0 saturated heterocycles. The van der Waals surface area contributed by atoms with Crippen LogP contribution in [0.3, 0.4) is 0 Å². The zero-order valence-electron chi connectivity index (χ0n) is 11.9. The molecule has 6 heteroatoms. The van der Waals surface area contributed by atoms with Crippen LogP contribution in [-0.2, 0) is 6.54 Å². The number of hydrogen-bond donors (Lipinski definition) is 3. The van der Waals surface area contributed by atoms with Gasteiger partial charge in [-0.1, -0.05) is 29.8 Å². The maximum atomic E-state index is 10.8. The van der Waals surface area contributed by atoms with Crippen LogP contribution in [0.2, 0.25) is 5.02 Å². The summed E-state index contributed by atoms with van der Waals surface area (Å²) in [6.07, 6.45) is 0. The Labute approximate surface area is 139 Å². The van der Waals surface area contributed by atoms with Crippen molar-refractivity contribution in [3.8, 4) is 0 Å². The second-order valence-corrected chi connectivity index (χ2v) is 5.61. The summed E-state index contributed by atoms with van der Waals surface area (Å²) < 4.78 is 0. The number of halogens is 1. The maximum Gasteiger partial charge on any atom is 0.335 e. The van der Waals surface area contributed by atoms with Gasteiger partial charge in [0.1, 0.15) is 0 Å². The van der Waals surface area contributed by atoms with Gasteiger partial charge in [-0.25, -0.2) is 4.79 Å². The van der Waals surface area contributed by atoms with Crippen LogP contribution < -0.4 is 10.6 Å². The molecule has 0 heterocycles. The van der Waals surface area contributed by atoms with Gasteiger partial charge < -0.3 is 15.7 Å². The maximum absolute atomic E-state index is 10.8. The van der Waals surface area contributed by atoms with Gasteiger partial charge in [-0.15, -0.1) is 0 Å². The quantitative estimate of drug-likeness (QED) is 0.742. The number of rotatable bonds is 4. The molecule has 0 spiro atoms. The van der Waals surface area contributed by atoms with Crippen molar-refractivity contribution in [3.05, 3.63) is 64.2 Å². The van der Waals surface area contributed by atoms with E-state index in [2.05, 4.69) is 10.6 Å². The number of nitrogens with one attached hydrogen (secondary N) is 2. The first-order chi connectivity index (χ1) is 10.5. The van der Waals surface area contributed by atoms with E-state index in [1.807, 2.05) is 25.1 Å². The fourth-order valence-electron chi connectivity index (χ4n) is 1.84. The van der Waals surface area contributed by atoms with E-state index in [-0.39, 0.29) is 5.56 Å². The van der Waals surface area contributed by atoms with Crippen molar-refractivity contribution in [1.29, 1.82) is 0 Å². The molecule has 22 heavy (non-hydrogen) atoms. The Morgan fingerprint density at radius 2 is 1.91 bits per heavy atom. The minimum atomic E-state index is -0.937. The first kappa shape index (κ1) is 16.3. The molecule has 0 amide bonds. The van der Waals surface area contributed by atoms with Gasteiger partial charge >= 0.3 is 5.97 Å². The third-order valence-electron chi connectivity index (χ3n) is 3.10. The number of benzene rings is 2. The molecule has 2 aromatic rings.